The number of ether oxygens (including phenoxy) is 3. The minimum absolute atomic E-state index is 0.174. The van der Waals surface area contributed by atoms with Gasteiger partial charge in [0.25, 0.3) is 0 Å². The summed E-state index contributed by atoms with van der Waals surface area (Å²) in [5, 5.41) is 3.65. The Kier molecular flexibility index (Phi) is 5.14. The molecule has 2 aliphatic rings. The lowest BCUT2D eigenvalue weighted by atomic mass is 9.89. The van der Waals surface area contributed by atoms with Gasteiger partial charge in [-0.2, -0.15) is 0 Å². The number of likely N-dealkylation sites (tertiary alicyclic amines) is 1. The molecular formula is C18H26N2O4. The summed E-state index contributed by atoms with van der Waals surface area (Å²) in [7, 11) is 1.64. The van der Waals surface area contributed by atoms with Crippen molar-refractivity contribution in [3.8, 4) is 17.2 Å². The molecule has 6 heteroatoms. The quantitative estimate of drug-likeness (QED) is 0.894. The van der Waals surface area contributed by atoms with Crippen molar-refractivity contribution in [2.75, 3.05) is 27.0 Å². The zero-order chi connectivity index (χ0) is 17.1. The number of methoxy groups -OCH3 is 1. The highest BCUT2D eigenvalue weighted by molar-refractivity contribution is 5.73. The first kappa shape index (κ1) is 16.9. The van der Waals surface area contributed by atoms with Crippen LogP contribution < -0.4 is 19.5 Å². The zero-order valence-electron chi connectivity index (χ0n) is 14.6. The van der Waals surface area contributed by atoms with Gasteiger partial charge in [0.2, 0.25) is 18.4 Å². The highest BCUT2D eigenvalue weighted by Gasteiger charge is 2.29. The van der Waals surface area contributed by atoms with Crippen molar-refractivity contribution >= 4 is 5.91 Å². The van der Waals surface area contributed by atoms with Gasteiger partial charge in [-0.1, -0.05) is 13.3 Å². The van der Waals surface area contributed by atoms with Crippen molar-refractivity contribution in [3.05, 3.63) is 17.7 Å². The summed E-state index contributed by atoms with van der Waals surface area (Å²) in [5.41, 5.74) is 1.11. The fourth-order valence-corrected chi connectivity index (χ4v) is 3.54. The highest BCUT2D eigenvalue weighted by atomic mass is 16.7. The summed E-state index contributed by atoms with van der Waals surface area (Å²) in [6, 6.07) is 4.41. The van der Waals surface area contributed by atoms with Crippen molar-refractivity contribution in [2.24, 2.45) is 5.92 Å². The van der Waals surface area contributed by atoms with E-state index in [9.17, 15) is 4.79 Å². The minimum atomic E-state index is 0.174. The molecule has 6 nitrogen and oxygen atoms in total. The van der Waals surface area contributed by atoms with Gasteiger partial charge in [0.1, 0.15) is 0 Å². The summed E-state index contributed by atoms with van der Waals surface area (Å²) in [6.07, 6.45) is 2.05. The number of carbonyl (C=O) groups is 1. The first-order valence-electron chi connectivity index (χ1n) is 8.57. The van der Waals surface area contributed by atoms with Gasteiger partial charge < -0.3 is 24.4 Å². The number of hydrogen-bond acceptors (Lipinski definition) is 5. The van der Waals surface area contributed by atoms with E-state index in [0.29, 0.717) is 23.5 Å². The summed E-state index contributed by atoms with van der Waals surface area (Å²) in [5.74, 6) is 2.79. The summed E-state index contributed by atoms with van der Waals surface area (Å²) >= 11 is 0. The Morgan fingerprint density at radius 3 is 2.96 bits per heavy atom. The second kappa shape index (κ2) is 7.30. The number of amides is 1. The maximum Gasteiger partial charge on any atom is 0.231 e. The molecule has 3 rings (SSSR count). The molecule has 1 aromatic carbocycles. The van der Waals surface area contributed by atoms with Gasteiger partial charge in [-0.25, -0.2) is 0 Å². The molecule has 2 heterocycles. The fourth-order valence-electron chi connectivity index (χ4n) is 3.54. The van der Waals surface area contributed by atoms with Crippen LogP contribution in [-0.4, -0.2) is 43.8 Å². The number of rotatable bonds is 5. The molecule has 2 atom stereocenters. The Hall–Kier alpha value is -1.95. The van der Waals surface area contributed by atoms with E-state index in [-0.39, 0.29) is 12.7 Å². The predicted molar refractivity (Wildman–Crippen MR) is 90.4 cm³/mol. The lowest BCUT2D eigenvalue weighted by Crippen LogP contribution is -2.50. The van der Waals surface area contributed by atoms with Crippen LogP contribution in [0.2, 0.25) is 0 Å². The van der Waals surface area contributed by atoms with E-state index in [1.165, 1.54) is 0 Å². The highest BCUT2D eigenvalue weighted by Crippen LogP contribution is 2.41. The van der Waals surface area contributed by atoms with Gasteiger partial charge in [0.05, 0.1) is 7.11 Å². The molecule has 1 N–H and O–H groups in total. The van der Waals surface area contributed by atoms with Gasteiger partial charge in [-0.05, 0) is 30.0 Å². The topological polar surface area (TPSA) is 60.0 Å². The number of nitrogens with one attached hydrogen (secondary N) is 1. The van der Waals surface area contributed by atoms with Crippen molar-refractivity contribution in [1.29, 1.82) is 0 Å². The van der Waals surface area contributed by atoms with Gasteiger partial charge >= 0.3 is 0 Å². The monoisotopic (exact) mass is 334 g/mol. The van der Waals surface area contributed by atoms with Gasteiger partial charge in [-0.3, -0.25) is 4.79 Å². The zero-order valence-corrected chi connectivity index (χ0v) is 14.6. The molecule has 0 aromatic heterocycles. The number of hydrogen-bond donors (Lipinski definition) is 1. The third-order valence-corrected chi connectivity index (χ3v) is 4.99. The lowest BCUT2D eigenvalue weighted by molar-refractivity contribution is -0.131. The molecule has 132 valence electrons. The molecule has 0 bridgehead atoms. The summed E-state index contributed by atoms with van der Waals surface area (Å²) in [6.45, 7) is 6.49. The molecule has 1 fully saturated rings. The molecule has 1 aromatic rings. The van der Waals surface area contributed by atoms with Crippen LogP contribution in [0.5, 0.6) is 17.2 Å². The maximum atomic E-state index is 11.6. The van der Waals surface area contributed by atoms with E-state index in [1.54, 1.807) is 14.0 Å². The molecule has 0 radical (unpaired) electrons. The molecule has 0 saturated carbocycles. The smallest absolute Gasteiger partial charge is 0.231 e. The Bertz CT molecular complexity index is 605. The van der Waals surface area contributed by atoms with Crippen molar-refractivity contribution < 1.29 is 19.0 Å². The Morgan fingerprint density at radius 2 is 2.25 bits per heavy atom. The third-order valence-electron chi connectivity index (χ3n) is 4.99. The second-order valence-electron chi connectivity index (χ2n) is 6.44. The van der Waals surface area contributed by atoms with Crippen LogP contribution in [0.15, 0.2) is 12.1 Å². The van der Waals surface area contributed by atoms with E-state index in [2.05, 4.69) is 12.2 Å². The number of benzene rings is 1. The fraction of sp³-hybridized carbons (Fsp3) is 0.611. The number of fused-ring (bicyclic) bond motifs is 1. The first-order chi connectivity index (χ1) is 11.6. The third kappa shape index (κ3) is 3.43. The van der Waals surface area contributed by atoms with Crippen LogP contribution in [0.3, 0.4) is 0 Å². The maximum absolute atomic E-state index is 11.6. The van der Waals surface area contributed by atoms with Crippen molar-refractivity contribution in [3.63, 3.8) is 0 Å². The van der Waals surface area contributed by atoms with E-state index < -0.39 is 0 Å². The standard InChI is InChI=1S/C18H26N2O4/c1-4-14-10-20(12(2)21)6-5-15(14)19-9-13-7-16(22-3)18-17(8-13)23-11-24-18/h7-8,14-15,19H,4-6,9-11H2,1-3H3/t14-,15+/m0/s1. The van der Waals surface area contributed by atoms with E-state index in [4.69, 9.17) is 14.2 Å². The largest absolute Gasteiger partial charge is 0.493 e. The first-order valence-corrected chi connectivity index (χ1v) is 8.57. The number of piperidine rings is 1. The van der Waals surface area contributed by atoms with Gasteiger partial charge in [-0.15, -0.1) is 0 Å². The van der Waals surface area contributed by atoms with Crippen LogP contribution in [0.1, 0.15) is 32.3 Å². The van der Waals surface area contributed by atoms with E-state index in [0.717, 1.165) is 43.8 Å². The Labute approximate surface area is 143 Å². The molecule has 2 aliphatic heterocycles. The average Bonchev–Trinajstić information content (AvgIpc) is 3.07. The molecule has 0 aliphatic carbocycles. The van der Waals surface area contributed by atoms with Gasteiger partial charge in [0, 0.05) is 32.6 Å². The van der Waals surface area contributed by atoms with Crippen molar-refractivity contribution in [2.45, 2.75) is 39.3 Å². The SMILES string of the molecule is CC[C@H]1CN(C(C)=O)CC[C@H]1NCc1cc(OC)c2c(c1)OCO2. The molecule has 0 unspecified atom stereocenters. The summed E-state index contributed by atoms with van der Waals surface area (Å²) < 4.78 is 16.3. The number of carbonyl (C=O) groups excluding carboxylic acids is 1. The molecule has 24 heavy (non-hydrogen) atoms. The Balaban J connectivity index is 1.64. The lowest BCUT2D eigenvalue weighted by Gasteiger charge is -2.38. The van der Waals surface area contributed by atoms with Crippen LogP contribution >= 0.6 is 0 Å². The van der Waals surface area contributed by atoms with Gasteiger partial charge in [0.15, 0.2) is 11.5 Å². The van der Waals surface area contributed by atoms with Crippen LogP contribution in [-0.2, 0) is 11.3 Å². The van der Waals surface area contributed by atoms with E-state index >= 15 is 0 Å². The second-order valence-corrected chi connectivity index (χ2v) is 6.44. The van der Waals surface area contributed by atoms with Crippen LogP contribution in [0.25, 0.3) is 0 Å². The normalized spacial score (nSPS) is 22.5. The molecule has 1 saturated heterocycles. The predicted octanol–water partition coefficient (Wildman–Crippen LogP) is 2.16. The van der Waals surface area contributed by atoms with Crippen molar-refractivity contribution in [1.82, 2.24) is 10.2 Å². The van der Waals surface area contributed by atoms with E-state index in [1.807, 2.05) is 17.0 Å². The Morgan fingerprint density at radius 1 is 1.42 bits per heavy atom. The molecule has 1 amide bonds. The molecule has 0 spiro atoms. The van der Waals surface area contributed by atoms with Crippen LogP contribution in [0, 0.1) is 5.92 Å². The average molecular weight is 334 g/mol. The summed E-state index contributed by atoms with van der Waals surface area (Å²) in [4.78, 5) is 13.5. The van der Waals surface area contributed by atoms with Crippen LogP contribution in [0.4, 0.5) is 0 Å². The molecular weight excluding hydrogens is 308 g/mol. The minimum Gasteiger partial charge on any atom is -0.493 e. The number of nitrogens with zero attached hydrogens (tertiary/aromatic N) is 1.